The molecule has 0 saturated carbocycles. The average molecular weight is 334 g/mol. The van der Waals surface area contributed by atoms with Gasteiger partial charge in [-0.15, -0.1) is 0 Å². The third-order valence-corrected chi connectivity index (χ3v) is 4.70. The number of hydrogen-bond donors (Lipinski definition) is 0. The lowest BCUT2D eigenvalue weighted by molar-refractivity contribution is -0.136. The van der Waals surface area contributed by atoms with Crippen molar-refractivity contribution < 1.29 is 23.1 Å². The lowest BCUT2D eigenvalue weighted by atomic mass is 10.2. The number of ether oxygens (including phenoxy) is 1. The molecule has 0 aromatic rings. The Balaban J connectivity index is 4.19. The first-order valence-electron chi connectivity index (χ1n) is 8.25. The van der Waals surface area contributed by atoms with Gasteiger partial charge in [0, 0.05) is 6.08 Å². The molecule has 0 unspecified atom stereocenters. The molecule has 0 bridgehead atoms. The van der Waals surface area contributed by atoms with Crippen molar-refractivity contribution in [2.45, 2.75) is 65.2 Å². The number of carbonyl (C=O) groups is 1. The number of carbonyl (C=O) groups excluding carboxylic acids is 1. The molecule has 0 aliphatic heterocycles. The molecular weight excluding hydrogens is 303 g/mol. The fourth-order valence-electron chi connectivity index (χ4n) is 1.78. The van der Waals surface area contributed by atoms with E-state index in [1.54, 1.807) is 0 Å². The van der Waals surface area contributed by atoms with E-state index >= 15 is 0 Å². The minimum Gasteiger partial charge on any atom is -0.450 e. The first-order valence-corrected chi connectivity index (χ1v) is 9.98. The summed E-state index contributed by atoms with van der Waals surface area (Å²) in [5, 5.41) is 0. The summed E-state index contributed by atoms with van der Waals surface area (Å²) >= 11 is 0. The SMILES string of the molecule is C=CC(=O)OCP(=O)(OCCCCCC)OCCCCCC. The van der Waals surface area contributed by atoms with Gasteiger partial charge in [-0.3, -0.25) is 4.57 Å². The third kappa shape index (κ3) is 12.0. The van der Waals surface area contributed by atoms with Gasteiger partial charge < -0.3 is 13.8 Å². The van der Waals surface area contributed by atoms with Crippen molar-refractivity contribution in [3.05, 3.63) is 12.7 Å². The fourth-order valence-corrected chi connectivity index (χ4v) is 3.10. The second-order valence-electron chi connectivity index (χ2n) is 5.20. The monoisotopic (exact) mass is 334 g/mol. The maximum absolute atomic E-state index is 12.5. The van der Waals surface area contributed by atoms with Gasteiger partial charge in [0.25, 0.3) is 0 Å². The van der Waals surface area contributed by atoms with E-state index in [4.69, 9.17) is 13.8 Å². The lowest BCUT2D eigenvalue weighted by Crippen LogP contribution is -2.08. The highest BCUT2D eigenvalue weighted by Crippen LogP contribution is 2.48. The van der Waals surface area contributed by atoms with Crippen LogP contribution < -0.4 is 0 Å². The van der Waals surface area contributed by atoms with Gasteiger partial charge in [-0.05, 0) is 12.8 Å². The predicted molar refractivity (Wildman–Crippen MR) is 89.0 cm³/mol. The van der Waals surface area contributed by atoms with Gasteiger partial charge >= 0.3 is 13.6 Å². The summed E-state index contributed by atoms with van der Waals surface area (Å²) in [7, 11) is -3.37. The molecule has 0 heterocycles. The molecule has 0 atom stereocenters. The van der Waals surface area contributed by atoms with Gasteiger partial charge in [0.15, 0.2) is 6.35 Å². The standard InChI is InChI=1S/C16H31O5P/c1-4-7-9-11-13-20-22(18,15-19-16(17)6-3)21-14-12-10-8-5-2/h6H,3-5,7-15H2,1-2H3. The van der Waals surface area contributed by atoms with Crippen LogP contribution in [0.15, 0.2) is 12.7 Å². The molecule has 0 saturated heterocycles. The summed E-state index contributed by atoms with van der Waals surface area (Å²) in [6.45, 7) is 8.27. The molecule has 0 fully saturated rings. The van der Waals surface area contributed by atoms with Crippen LogP contribution >= 0.6 is 7.60 Å². The molecule has 22 heavy (non-hydrogen) atoms. The molecule has 6 heteroatoms. The average Bonchev–Trinajstić information content (AvgIpc) is 2.52. The van der Waals surface area contributed by atoms with Crippen LogP contribution in [-0.4, -0.2) is 25.5 Å². The molecule has 0 aromatic carbocycles. The van der Waals surface area contributed by atoms with E-state index in [-0.39, 0.29) is 6.35 Å². The maximum Gasteiger partial charge on any atom is 0.367 e. The van der Waals surface area contributed by atoms with Gasteiger partial charge in [0.2, 0.25) is 0 Å². The van der Waals surface area contributed by atoms with Crippen LogP contribution in [0.5, 0.6) is 0 Å². The van der Waals surface area contributed by atoms with Crippen LogP contribution in [0.4, 0.5) is 0 Å². The van der Waals surface area contributed by atoms with Crippen molar-refractivity contribution in [3.63, 3.8) is 0 Å². The van der Waals surface area contributed by atoms with Gasteiger partial charge in [-0.2, -0.15) is 0 Å². The first kappa shape index (κ1) is 21.4. The molecule has 0 spiro atoms. The molecule has 0 aliphatic carbocycles. The van der Waals surface area contributed by atoms with E-state index in [9.17, 15) is 9.36 Å². The van der Waals surface area contributed by atoms with Crippen LogP contribution in [0.3, 0.4) is 0 Å². The van der Waals surface area contributed by atoms with E-state index in [1.165, 1.54) is 0 Å². The normalized spacial score (nSPS) is 11.4. The summed E-state index contributed by atoms with van der Waals surface area (Å²) in [6, 6.07) is 0. The largest absolute Gasteiger partial charge is 0.450 e. The minimum atomic E-state index is -3.37. The quantitative estimate of drug-likeness (QED) is 0.181. The molecule has 0 N–H and O–H groups in total. The van der Waals surface area contributed by atoms with Crippen molar-refractivity contribution in [3.8, 4) is 0 Å². The molecule has 0 amide bonds. The Morgan fingerprint density at radius 3 is 1.86 bits per heavy atom. The molecular formula is C16H31O5P. The Kier molecular flexibility index (Phi) is 13.6. The van der Waals surface area contributed by atoms with E-state index in [1.807, 2.05) is 0 Å². The van der Waals surface area contributed by atoms with Crippen LogP contribution in [0.25, 0.3) is 0 Å². The van der Waals surface area contributed by atoms with Crippen LogP contribution in [-0.2, 0) is 23.1 Å². The van der Waals surface area contributed by atoms with E-state index in [0.717, 1.165) is 57.4 Å². The zero-order valence-electron chi connectivity index (χ0n) is 14.1. The van der Waals surface area contributed by atoms with Crippen molar-refractivity contribution in [1.29, 1.82) is 0 Å². The van der Waals surface area contributed by atoms with Gasteiger partial charge in [0.1, 0.15) is 0 Å². The van der Waals surface area contributed by atoms with Crippen molar-refractivity contribution in [1.82, 2.24) is 0 Å². The van der Waals surface area contributed by atoms with Gasteiger partial charge in [-0.1, -0.05) is 59.0 Å². The van der Waals surface area contributed by atoms with E-state index < -0.39 is 13.6 Å². The first-order chi connectivity index (χ1) is 10.6. The zero-order valence-corrected chi connectivity index (χ0v) is 14.9. The molecule has 130 valence electrons. The van der Waals surface area contributed by atoms with Gasteiger partial charge in [-0.25, -0.2) is 4.79 Å². The second kappa shape index (κ2) is 14.0. The topological polar surface area (TPSA) is 61.8 Å². The van der Waals surface area contributed by atoms with Crippen LogP contribution in [0.1, 0.15) is 65.2 Å². The highest BCUT2D eigenvalue weighted by molar-refractivity contribution is 7.53. The predicted octanol–water partition coefficient (Wildman–Crippen LogP) is 5.06. The zero-order chi connectivity index (χ0) is 16.7. The smallest absolute Gasteiger partial charge is 0.367 e. The molecule has 0 rings (SSSR count). The lowest BCUT2D eigenvalue weighted by Gasteiger charge is -2.18. The van der Waals surface area contributed by atoms with Crippen LogP contribution in [0, 0.1) is 0 Å². The van der Waals surface area contributed by atoms with E-state index in [2.05, 4.69) is 20.4 Å². The number of esters is 1. The number of rotatable bonds is 15. The summed E-state index contributed by atoms with van der Waals surface area (Å²) in [5.74, 6) is -0.621. The fraction of sp³-hybridized carbons (Fsp3) is 0.812. The Morgan fingerprint density at radius 2 is 1.45 bits per heavy atom. The highest BCUT2D eigenvalue weighted by Gasteiger charge is 2.26. The second-order valence-corrected chi connectivity index (χ2v) is 7.19. The van der Waals surface area contributed by atoms with Crippen molar-refractivity contribution >= 4 is 13.6 Å². The Bertz CT molecular complexity index is 325. The van der Waals surface area contributed by atoms with E-state index in [0.29, 0.717) is 13.2 Å². The number of unbranched alkanes of at least 4 members (excludes halogenated alkanes) is 6. The molecule has 5 nitrogen and oxygen atoms in total. The van der Waals surface area contributed by atoms with Gasteiger partial charge in [0.05, 0.1) is 13.2 Å². The summed E-state index contributed by atoms with van der Waals surface area (Å²) in [6.07, 6.45) is 8.89. The van der Waals surface area contributed by atoms with Crippen molar-refractivity contribution in [2.75, 3.05) is 19.6 Å². The summed E-state index contributed by atoms with van der Waals surface area (Å²) in [5.41, 5.74) is 0. The molecule has 0 aliphatic rings. The third-order valence-electron chi connectivity index (χ3n) is 3.10. The maximum atomic E-state index is 12.5. The minimum absolute atomic E-state index is 0.348. The Morgan fingerprint density at radius 1 is 0.955 bits per heavy atom. The van der Waals surface area contributed by atoms with Crippen LogP contribution in [0.2, 0.25) is 0 Å². The Hall–Kier alpha value is -0.640. The Labute approximate surface area is 134 Å². The summed E-state index contributed by atoms with van der Waals surface area (Å²) < 4.78 is 28.2. The summed E-state index contributed by atoms with van der Waals surface area (Å²) in [4.78, 5) is 11.1. The molecule has 0 radical (unpaired) electrons. The van der Waals surface area contributed by atoms with Crippen molar-refractivity contribution in [2.24, 2.45) is 0 Å². The highest BCUT2D eigenvalue weighted by atomic mass is 31.2. The number of hydrogen-bond acceptors (Lipinski definition) is 5. The molecule has 0 aromatic heterocycles.